The maximum absolute atomic E-state index is 16.5. The summed E-state index contributed by atoms with van der Waals surface area (Å²) in [5.41, 5.74) is 1.02. The van der Waals surface area contributed by atoms with Gasteiger partial charge in [0.15, 0.2) is 0 Å². The molecule has 4 fully saturated rings. The molecule has 59 heavy (non-hydrogen) atoms. The number of thiophene rings is 1. The lowest BCUT2D eigenvalue weighted by atomic mass is 9.97. The minimum absolute atomic E-state index is 0.0154. The number of pyridine rings is 1. The number of nitrogens with one attached hydrogen (secondary N) is 2. The summed E-state index contributed by atoms with van der Waals surface area (Å²) in [5, 5.41) is 6.14. The molecule has 2 aromatic heterocycles. The van der Waals surface area contributed by atoms with Crippen LogP contribution < -0.4 is 14.9 Å². The van der Waals surface area contributed by atoms with Crippen LogP contribution >= 0.6 is 18.9 Å². The van der Waals surface area contributed by atoms with Gasteiger partial charge in [-0.2, -0.15) is 0 Å². The quantitative estimate of drug-likeness (QED) is 0.101. The van der Waals surface area contributed by atoms with Gasteiger partial charge in [-0.05, 0) is 111 Å². The number of likely N-dealkylation sites (tertiary alicyclic amines) is 1. The van der Waals surface area contributed by atoms with E-state index in [9.17, 15) is 23.7 Å². The molecule has 2 aromatic carbocycles. The second-order valence-electron chi connectivity index (χ2n) is 16.4. The highest BCUT2D eigenvalue weighted by molar-refractivity contribution is 7.57. The normalized spacial score (nSPS) is 24.4. The second-order valence-corrected chi connectivity index (χ2v) is 19.6. The summed E-state index contributed by atoms with van der Waals surface area (Å²) in [4.78, 5) is 63.9. The summed E-state index contributed by atoms with van der Waals surface area (Å²) in [7, 11) is -4.44. The first-order valence-corrected chi connectivity index (χ1v) is 23.3. The van der Waals surface area contributed by atoms with Gasteiger partial charge < -0.3 is 24.4 Å². The zero-order chi connectivity index (χ0) is 41.3. The SMILES string of the molecule is CCCOC(=O)[C@H](C)NP(=O)(Oc1ccccc1)[C@@H](F)c1ccc2sc(C(=O)N[C@H]3CCCC[C@H]4CC[C@@H](C(=O)N5C[C@H](c6cccnc6)CC56CC6)N4C3=O)cc2c1. The Morgan fingerprint density at radius 3 is 2.58 bits per heavy atom. The number of hydrogen-bond donors (Lipinski definition) is 2. The summed E-state index contributed by atoms with van der Waals surface area (Å²) in [6.45, 7) is 4.07. The first kappa shape index (κ1) is 41.1. The molecule has 4 aliphatic rings. The molecule has 3 saturated heterocycles. The molecule has 7 atom stereocenters. The summed E-state index contributed by atoms with van der Waals surface area (Å²) in [6.07, 6.45) is 11.4. The number of esters is 1. The molecule has 8 rings (SSSR count). The lowest BCUT2D eigenvalue weighted by Crippen LogP contribution is -2.57. The summed E-state index contributed by atoms with van der Waals surface area (Å²) < 4.78 is 42.5. The Morgan fingerprint density at radius 2 is 1.83 bits per heavy atom. The second kappa shape index (κ2) is 17.1. The minimum atomic E-state index is -4.44. The molecule has 0 bridgehead atoms. The number of rotatable bonds is 13. The van der Waals surface area contributed by atoms with Crippen molar-refractivity contribution in [1.82, 2.24) is 25.2 Å². The lowest BCUT2D eigenvalue weighted by molar-refractivity contribution is -0.148. The zero-order valence-corrected chi connectivity index (χ0v) is 35.1. The molecule has 1 saturated carbocycles. The Labute approximate surface area is 347 Å². The highest BCUT2D eigenvalue weighted by Crippen LogP contribution is 2.58. The van der Waals surface area contributed by atoms with Gasteiger partial charge >= 0.3 is 13.5 Å². The molecule has 3 amide bonds. The monoisotopic (exact) mass is 843 g/mol. The van der Waals surface area contributed by atoms with E-state index in [0.717, 1.165) is 50.5 Å². The Balaban J connectivity index is 0.980. The van der Waals surface area contributed by atoms with E-state index in [1.807, 2.05) is 19.2 Å². The number of alkyl halides is 1. The van der Waals surface area contributed by atoms with E-state index >= 15 is 4.39 Å². The maximum Gasteiger partial charge on any atom is 0.355 e. The number of fused-ring (bicyclic) bond motifs is 2. The largest absolute Gasteiger partial charge is 0.465 e. The molecule has 4 aromatic rings. The van der Waals surface area contributed by atoms with Crippen molar-refractivity contribution in [3.63, 3.8) is 0 Å². The van der Waals surface area contributed by atoms with Gasteiger partial charge in [-0.25, -0.2) is 9.48 Å². The number of para-hydroxylation sites is 1. The zero-order valence-electron chi connectivity index (χ0n) is 33.4. The molecule has 2 N–H and O–H groups in total. The van der Waals surface area contributed by atoms with Crippen molar-refractivity contribution in [3.8, 4) is 5.75 Å². The smallest absolute Gasteiger partial charge is 0.355 e. The van der Waals surface area contributed by atoms with E-state index in [4.69, 9.17) is 9.26 Å². The first-order chi connectivity index (χ1) is 28.5. The standard InChI is InChI=1S/C44H51FN5O7PS/c1-3-22-56-43(54)28(2)48-58(55,57-34-12-5-4-6-13-34)39(45)29-15-18-37-31(23-29)24-38(59-37)40(51)47-35-14-8-7-11-33-16-17-36(50(33)41(35)52)42(53)49-27-32(25-44(49)19-20-44)30-10-9-21-46-26-30/h4-6,9-10,12-13,15,18,21,23-24,26,28,32-33,35-36,39H,3,7-8,11,14,16-17,19-20,22,25,27H2,1-2H3,(H,47,51)(H,48,55)/t28-,32+,33-,35-,36-,39+,58?/m0/s1. The van der Waals surface area contributed by atoms with Crippen molar-refractivity contribution in [2.75, 3.05) is 13.2 Å². The summed E-state index contributed by atoms with van der Waals surface area (Å²) in [5.74, 6) is -3.13. The number of carbonyl (C=O) groups excluding carboxylic acids is 4. The molecule has 3 aliphatic heterocycles. The van der Waals surface area contributed by atoms with E-state index in [-0.39, 0.29) is 47.2 Å². The van der Waals surface area contributed by atoms with E-state index < -0.39 is 43.4 Å². The molecular weight excluding hydrogens is 793 g/mol. The molecule has 312 valence electrons. The number of ether oxygens (including phenoxy) is 1. The van der Waals surface area contributed by atoms with Crippen LogP contribution in [-0.2, 0) is 23.7 Å². The molecule has 1 spiro atoms. The van der Waals surface area contributed by atoms with Crippen molar-refractivity contribution in [3.05, 3.63) is 95.1 Å². The number of amides is 3. The fraction of sp³-hybridized carbons (Fsp3) is 0.477. The van der Waals surface area contributed by atoms with Crippen LogP contribution in [0.15, 0.2) is 79.1 Å². The third-order valence-corrected chi connectivity index (χ3v) is 15.5. The van der Waals surface area contributed by atoms with E-state index in [0.29, 0.717) is 40.8 Å². The van der Waals surface area contributed by atoms with Crippen molar-refractivity contribution >= 4 is 52.6 Å². The number of benzene rings is 2. The van der Waals surface area contributed by atoms with E-state index in [1.54, 1.807) is 53.6 Å². The van der Waals surface area contributed by atoms with Crippen LogP contribution in [0, 0.1) is 0 Å². The predicted octanol–water partition coefficient (Wildman–Crippen LogP) is 8.05. The molecule has 0 radical (unpaired) electrons. The summed E-state index contributed by atoms with van der Waals surface area (Å²) in [6, 6.07) is 15.9. The third kappa shape index (κ3) is 8.54. The lowest BCUT2D eigenvalue weighted by Gasteiger charge is -2.37. The van der Waals surface area contributed by atoms with Gasteiger partial charge in [0.05, 0.1) is 11.5 Å². The number of nitrogens with zero attached hydrogens (tertiary/aromatic N) is 3. The number of aromatic nitrogens is 1. The Kier molecular flexibility index (Phi) is 11.9. The Bertz CT molecular complexity index is 2240. The van der Waals surface area contributed by atoms with E-state index in [2.05, 4.69) is 26.4 Å². The van der Waals surface area contributed by atoms with Gasteiger partial charge in [-0.3, -0.25) is 28.7 Å². The molecule has 1 unspecified atom stereocenters. The first-order valence-electron chi connectivity index (χ1n) is 20.8. The third-order valence-electron chi connectivity index (χ3n) is 12.3. The van der Waals surface area contributed by atoms with Crippen LogP contribution in [0.5, 0.6) is 5.75 Å². The topological polar surface area (TPSA) is 147 Å². The fourth-order valence-electron chi connectivity index (χ4n) is 9.09. The van der Waals surface area contributed by atoms with Crippen molar-refractivity contribution in [2.24, 2.45) is 0 Å². The number of hydrogen-bond acceptors (Lipinski definition) is 9. The fourth-order valence-corrected chi connectivity index (χ4v) is 11.9. The van der Waals surface area contributed by atoms with Crippen molar-refractivity contribution < 1.29 is 37.4 Å². The van der Waals surface area contributed by atoms with E-state index in [1.165, 1.54) is 30.4 Å². The van der Waals surface area contributed by atoms with Gasteiger partial charge in [0.25, 0.3) is 5.91 Å². The minimum Gasteiger partial charge on any atom is -0.465 e. The highest BCUT2D eigenvalue weighted by atomic mass is 32.1. The van der Waals surface area contributed by atoms with Crippen molar-refractivity contribution in [1.29, 1.82) is 0 Å². The predicted molar refractivity (Wildman–Crippen MR) is 223 cm³/mol. The molecule has 1 aliphatic carbocycles. The highest BCUT2D eigenvalue weighted by Gasteiger charge is 2.58. The molecular formula is C44H51FN5O7PS. The average molecular weight is 844 g/mol. The average Bonchev–Trinajstić information content (AvgIpc) is 3.53. The Morgan fingerprint density at radius 1 is 1.03 bits per heavy atom. The summed E-state index contributed by atoms with van der Waals surface area (Å²) >= 11 is 1.20. The van der Waals surface area contributed by atoms with Gasteiger partial charge in [-0.15, -0.1) is 11.3 Å². The number of halogens is 1. The van der Waals surface area contributed by atoms with Crippen LogP contribution in [0.25, 0.3) is 10.1 Å². The van der Waals surface area contributed by atoms with Gasteiger partial charge in [-0.1, -0.05) is 50.1 Å². The van der Waals surface area contributed by atoms with Crippen molar-refractivity contribution in [2.45, 2.75) is 120 Å². The van der Waals surface area contributed by atoms with Gasteiger partial charge in [0.1, 0.15) is 23.9 Å². The molecule has 15 heteroatoms. The van der Waals surface area contributed by atoms with Crippen LogP contribution in [0.4, 0.5) is 4.39 Å². The molecule has 5 heterocycles. The van der Waals surface area contributed by atoms with Gasteiger partial charge in [0, 0.05) is 41.1 Å². The van der Waals surface area contributed by atoms with Gasteiger partial charge in [0.2, 0.25) is 17.7 Å². The van der Waals surface area contributed by atoms with Crippen LogP contribution in [-0.4, -0.2) is 81.3 Å². The van der Waals surface area contributed by atoms with Crippen LogP contribution in [0.3, 0.4) is 0 Å². The van der Waals surface area contributed by atoms with Crippen LogP contribution in [0.1, 0.15) is 111 Å². The number of carbonyl (C=O) groups is 4. The molecule has 12 nitrogen and oxygen atoms in total. The van der Waals surface area contributed by atoms with Crippen LogP contribution in [0.2, 0.25) is 0 Å². The maximum atomic E-state index is 16.5. The Hall–Kier alpha value is -4.65.